The molecule has 0 unspecified atom stereocenters. The van der Waals surface area contributed by atoms with Gasteiger partial charge in [0, 0.05) is 27.2 Å². The predicted molar refractivity (Wildman–Crippen MR) is 116 cm³/mol. The summed E-state index contributed by atoms with van der Waals surface area (Å²) < 4.78 is 7.66. The molecule has 2 aromatic carbocycles. The van der Waals surface area contributed by atoms with Crippen molar-refractivity contribution in [3.8, 4) is 22.7 Å². The number of hydrogen-bond acceptors (Lipinski definition) is 5. The van der Waals surface area contributed by atoms with Crippen molar-refractivity contribution in [3.05, 3.63) is 91.4 Å². The maximum absolute atomic E-state index is 12.7. The van der Waals surface area contributed by atoms with Crippen molar-refractivity contribution >= 4 is 45.6 Å². The molecule has 0 radical (unpaired) electrons. The summed E-state index contributed by atoms with van der Waals surface area (Å²) in [5, 5.41) is 5.39. The lowest BCUT2D eigenvalue weighted by atomic mass is 10.2. The Morgan fingerprint density at radius 1 is 0.966 bits per heavy atom. The van der Waals surface area contributed by atoms with E-state index in [1.807, 2.05) is 36.4 Å². The Labute approximate surface area is 178 Å². The monoisotopic (exact) mass is 439 g/mol. The zero-order valence-electron chi connectivity index (χ0n) is 14.7. The summed E-state index contributed by atoms with van der Waals surface area (Å²) in [6.45, 7) is 0. The minimum Gasteiger partial charge on any atom is -0.457 e. The van der Waals surface area contributed by atoms with Gasteiger partial charge in [-0.3, -0.25) is 4.79 Å². The minimum absolute atomic E-state index is 0.233. The first-order chi connectivity index (χ1) is 14.1. The van der Waals surface area contributed by atoms with Gasteiger partial charge in [-0.05, 0) is 30.3 Å². The lowest BCUT2D eigenvalue weighted by Gasteiger charge is -1.99. The average molecular weight is 440 g/mol. The lowest BCUT2D eigenvalue weighted by molar-refractivity contribution is 0.571. The van der Waals surface area contributed by atoms with Gasteiger partial charge in [0.15, 0.2) is 5.82 Å². The zero-order valence-corrected chi connectivity index (χ0v) is 17.0. The van der Waals surface area contributed by atoms with Crippen LogP contribution >= 0.6 is 34.5 Å². The van der Waals surface area contributed by atoms with Crippen molar-refractivity contribution < 1.29 is 4.42 Å². The standard InChI is InChI=1S/C21H11Cl2N3O2S/c22-14-8-13(9-15(23)10-14)17-7-6-16(28-17)11-18-20(27)26-21(29-18)24-19(25-26)12-4-2-1-3-5-12/h1-11H/b18-11+. The summed E-state index contributed by atoms with van der Waals surface area (Å²) in [4.78, 5) is 17.7. The summed E-state index contributed by atoms with van der Waals surface area (Å²) in [6, 6.07) is 18.3. The maximum atomic E-state index is 12.7. The highest BCUT2D eigenvalue weighted by Crippen LogP contribution is 2.28. The second-order valence-electron chi connectivity index (χ2n) is 6.27. The van der Waals surface area contributed by atoms with Gasteiger partial charge in [-0.1, -0.05) is 64.9 Å². The van der Waals surface area contributed by atoms with E-state index in [9.17, 15) is 4.79 Å². The maximum Gasteiger partial charge on any atom is 0.291 e. The van der Waals surface area contributed by atoms with Crippen LogP contribution in [0, 0.1) is 0 Å². The molecule has 3 heterocycles. The van der Waals surface area contributed by atoms with Crippen LogP contribution in [0.1, 0.15) is 5.76 Å². The first-order valence-electron chi connectivity index (χ1n) is 8.60. The van der Waals surface area contributed by atoms with Crippen LogP contribution in [0.5, 0.6) is 0 Å². The fourth-order valence-corrected chi connectivity index (χ4v) is 4.37. The number of furan rings is 1. The number of halogens is 2. The Hall–Kier alpha value is -2.93. The van der Waals surface area contributed by atoms with Gasteiger partial charge in [0.05, 0.1) is 0 Å². The van der Waals surface area contributed by atoms with Crippen molar-refractivity contribution in [2.45, 2.75) is 0 Å². The first-order valence-corrected chi connectivity index (χ1v) is 10.2. The van der Waals surface area contributed by atoms with Gasteiger partial charge in [-0.25, -0.2) is 0 Å². The number of rotatable bonds is 3. The van der Waals surface area contributed by atoms with Gasteiger partial charge in [0.25, 0.3) is 5.56 Å². The van der Waals surface area contributed by atoms with Gasteiger partial charge in [-0.2, -0.15) is 9.50 Å². The third-order valence-electron chi connectivity index (χ3n) is 4.26. The SMILES string of the molecule is O=c1/c(=C\c2ccc(-c3cc(Cl)cc(Cl)c3)o2)sc2nc(-c3ccccc3)nn12. The van der Waals surface area contributed by atoms with E-state index in [0.29, 0.717) is 36.9 Å². The third-order valence-corrected chi connectivity index (χ3v) is 5.66. The molecule has 0 atom stereocenters. The second-order valence-corrected chi connectivity index (χ2v) is 8.15. The molecule has 0 fully saturated rings. The predicted octanol–water partition coefficient (Wildman–Crippen LogP) is 4.93. The van der Waals surface area contributed by atoms with Crippen LogP contribution in [-0.4, -0.2) is 14.6 Å². The van der Waals surface area contributed by atoms with Crippen LogP contribution in [-0.2, 0) is 0 Å². The summed E-state index contributed by atoms with van der Waals surface area (Å²) in [5.74, 6) is 1.68. The molecular weight excluding hydrogens is 429 g/mol. The summed E-state index contributed by atoms with van der Waals surface area (Å²) in [7, 11) is 0. The van der Waals surface area contributed by atoms with E-state index in [4.69, 9.17) is 27.6 Å². The smallest absolute Gasteiger partial charge is 0.291 e. The van der Waals surface area contributed by atoms with Gasteiger partial charge >= 0.3 is 0 Å². The van der Waals surface area contributed by atoms with Crippen molar-refractivity contribution in [3.63, 3.8) is 0 Å². The number of hydrogen-bond donors (Lipinski definition) is 0. The molecule has 5 rings (SSSR count). The van der Waals surface area contributed by atoms with Crippen LogP contribution in [0.2, 0.25) is 10.0 Å². The van der Waals surface area contributed by atoms with E-state index in [2.05, 4.69) is 10.1 Å². The fraction of sp³-hybridized carbons (Fsp3) is 0. The normalized spacial score (nSPS) is 12.1. The molecule has 0 saturated carbocycles. The van der Waals surface area contributed by atoms with E-state index < -0.39 is 0 Å². The summed E-state index contributed by atoms with van der Waals surface area (Å²) >= 11 is 13.4. The number of benzene rings is 2. The van der Waals surface area contributed by atoms with E-state index in [0.717, 1.165) is 11.1 Å². The van der Waals surface area contributed by atoms with Crippen LogP contribution in [0.25, 0.3) is 33.7 Å². The molecule has 0 amide bonds. The lowest BCUT2D eigenvalue weighted by Crippen LogP contribution is -2.23. The number of aromatic nitrogens is 3. The van der Waals surface area contributed by atoms with Crippen LogP contribution in [0.15, 0.2) is 69.9 Å². The first kappa shape index (κ1) is 18.1. The topological polar surface area (TPSA) is 60.4 Å². The van der Waals surface area contributed by atoms with Crippen LogP contribution < -0.4 is 10.1 Å². The van der Waals surface area contributed by atoms with E-state index in [1.165, 1.54) is 15.9 Å². The molecule has 0 aliphatic carbocycles. The number of fused-ring (bicyclic) bond motifs is 1. The number of nitrogens with zero attached hydrogens (tertiary/aromatic N) is 3. The number of thiazole rings is 1. The Balaban J connectivity index is 1.53. The van der Waals surface area contributed by atoms with E-state index >= 15 is 0 Å². The molecular formula is C21H11Cl2N3O2S. The highest BCUT2D eigenvalue weighted by atomic mass is 35.5. The molecule has 5 nitrogen and oxygen atoms in total. The Kier molecular flexibility index (Phi) is 4.47. The van der Waals surface area contributed by atoms with Crippen molar-refractivity contribution in [1.82, 2.24) is 14.6 Å². The highest BCUT2D eigenvalue weighted by Gasteiger charge is 2.12. The Morgan fingerprint density at radius 3 is 2.45 bits per heavy atom. The molecule has 29 heavy (non-hydrogen) atoms. The molecule has 0 saturated heterocycles. The summed E-state index contributed by atoms with van der Waals surface area (Å²) in [5.41, 5.74) is 1.40. The van der Waals surface area contributed by atoms with Crippen molar-refractivity contribution in [1.29, 1.82) is 0 Å². The van der Waals surface area contributed by atoms with Crippen LogP contribution in [0.4, 0.5) is 0 Å². The Morgan fingerprint density at radius 2 is 1.72 bits per heavy atom. The van der Waals surface area contributed by atoms with Crippen molar-refractivity contribution in [2.24, 2.45) is 0 Å². The molecule has 0 spiro atoms. The van der Waals surface area contributed by atoms with Gasteiger partial charge in [0.2, 0.25) is 4.96 Å². The molecule has 0 aliphatic rings. The third kappa shape index (κ3) is 3.46. The van der Waals surface area contributed by atoms with Gasteiger partial charge < -0.3 is 4.42 Å². The second kappa shape index (κ2) is 7.15. The highest BCUT2D eigenvalue weighted by molar-refractivity contribution is 7.15. The summed E-state index contributed by atoms with van der Waals surface area (Å²) in [6.07, 6.45) is 1.68. The molecule has 3 aromatic heterocycles. The molecule has 5 aromatic rings. The van der Waals surface area contributed by atoms with E-state index in [1.54, 1.807) is 30.3 Å². The van der Waals surface area contributed by atoms with Gasteiger partial charge in [0.1, 0.15) is 16.1 Å². The average Bonchev–Trinajstić information content (AvgIpc) is 3.40. The largest absolute Gasteiger partial charge is 0.457 e. The van der Waals surface area contributed by atoms with Gasteiger partial charge in [-0.15, -0.1) is 5.10 Å². The Bertz CT molecular complexity index is 1430. The molecule has 0 aliphatic heterocycles. The molecule has 8 heteroatoms. The van der Waals surface area contributed by atoms with E-state index in [-0.39, 0.29) is 5.56 Å². The van der Waals surface area contributed by atoms with Crippen LogP contribution in [0.3, 0.4) is 0 Å². The zero-order chi connectivity index (χ0) is 20.0. The molecule has 0 bridgehead atoms. The fourth-order valence-electron chi connectivity index (χ4n) is 2.95. The molecule has 142 valence electrons. The van der Waals surface area contributed by atoms with Crippen molar-refractivity contribution in [2.75, 3.05) is 0 Å². The quantitative estimate of drug-likeness (QED) is 0.399. The minimum atomic E-state index is -0.233. The molecule has 0 N–H and O–H groups in total.